The van der Waals surface area contributed by atoms with E-state index in [0.29, 0.717) is 6.54 Å². The average Bonchev–Trinajstić information content (AvgIpc) is 1.41. The maximum absolute atomic E-state index is 7.88. The average molecular weight is 62.1 g/mol. The highest BCUT2D eigenvalue weighted by Crippen LogP contribution is 1.33. The number of aliphatic hydroxyl groups excluding tert-OH is 1. The summed E-state index contributed by atoms with van der Waals surface area (Å²) in [5.41, 5.74) is 2.02. The van der Waals surface area contributed by atoms with Crippen molar-refractivity contribution in [2.45, 2.75) is 0 Å². The number of aliphatic hydroxyl groups is 1. The summed E-state index contributed by atoms with van der Waals surface area (Å²) in [5.74, 6) is 0. The number of hydrogen-bond donors (Lipinski definition) is 2. The molecule has 0 amide bonds. The highest BCUT2D eigenvalue weighted by atomic mass is 16.3. The fraction of sp³-hybridized carbons (Fsp3) is 1.00. The molecule has 0 aromatic heterocycles. The van der Waals surface area contributed by atoms with Gasteiger partial charge in [0.05, 0.1) is 6.61 Å². The van der Waals surface area contributed by atoms with E-state index in [-0.39, 0.29) is 6.61 Å². The number of hydrogen-bond acceptors (Lipinski definition) is 2. The van der Waals surface area contributed by atoms with Crippen LogP contribution in [0.2, 0.25) is 1.41 Å². The monoisotopic (exact) mass is 62.1 g/mol. The molecule has 0 rings (SSSR count). The Morgan fingerprint density at radius 3 is 3.00 bits per heavy atom. The Bertz CT molecular complexity index is 17.1. The van der Waals surface area contributed by atoms with Crippen molar-refractivity contribution in [2.24, 2.45) is 5.73 Å². The van der Waals surface area contributed by atoms with Gasteiger partial charge in [-0.2, -0.15) is 0 Å². The van der Waals surface area contributed by atoms with Gasteiger partial charge in [-0.05, 0) is 0 Å². The third-order valence-electron chi connectivity index (χ3n) is 0.112. The van der Waals surface area contributed by atoms with Crippen molar-refractivity contribution in [2.75, 3.05) is 13.2 Å². The minimum absolute atomic E-state index is 0.0451. The van der Waals surface area contributed by atoms with Crippen molar-refractivity contribution in [3.63, 3.8) is 0 Å². The second-order valence-electron chi connectivity index (χ2n) is 0.474. The van der Waals surface area contributed by atoms with Gasteiger partial charge in [0, 0.05) is 6.54 Å². The maximum Gasteiger partial charge on any atom is 0.118 e. The zero-order valence-corrected chi connectivity index (χ0v) is 2.36. The normalized spacial score (nSPS) is 10.8. The van der Waals surface area contributed by atoms with E-state index in [1.807, 2.05) is 5.73 Å². The minimum atomic E-state index is 0.0451. The Morgan fingerprint density at radius 2 is 3.00 bits per heavy atom. The molecule has 0 spiro atoms. The molecule has 0 unspecified atom stereocenters. The third kappa shape index (κ3) is 1.92. The van der Waals surface area contributed by atoms with Crippen molar-refractivity contribution < 1.29 is 6.52 Å². The second kappa shape index (κ2) is 2.92. The third-order valence-corrected chi connectivity index (χ3v) is 0.112. The largest absolute Gasteiger partial charge is 0.395 e. The summed E-state index contributed by atoms with van der Waals surface area (Å²) in [7, 11) is 0. The van der Waals surface area contributed by atoms with E-state index in [2.05, 4.69) is 0 Å². The summed E-state index contributed by atoms with van der Waals surface area (Å²) >= 11 is 0. The lowest BCUT2D eigenvalue weighted by Crippen LogP contribution is -2.02. The minimum Gasteiger partial charge on any atom is -0.395 e. The van der Waals surface area contributed by atoms with E-state index in [9.17, 15) is 0 Å². The van der Waals surface area contributed by atoms with Crippen LogP contribution in [0, 0.1) is 0 Å². The number of nitrogens with two attached hydrogens (primary N) is 1. The van der Waals surface area contributed by atoms with Gasteiger partial charge < -0.3 is 10.8 Å². The molecule has 0 aromatic carbocycles. The van der Waals surface area contributed by atoms with Crippen molar-refractivity contribution in [1.29, 1.82) is 0 Å². The molecule has 0 fully saturated rings. The van der Waals surface area contributed by atoms with Gasteiger partial charge in [-0.25, -0.2) is 0 Å². The Labute approximate surface area is 26.7 Å². The summed E-state index contributed by atoms with van der Waals surface area (Å²) in [6.07, 6.45) is 0. The van der Waals surface area contributed by atoms with Crippen LogP contribution in [0.4, 0.5) is 0 Å². The fourth-order valence-electron chi connectivity index (χ4n) is 0. The van der Waals surface area contributed by atoms with Crippen LogP contribution in [-0.4, -0.2) is 18.3 Å². The topological polar surface area (TPSA) is 46.2 Å². The van der Waals surface area contributed by atoms with Gasteiger partial charge in [-0.1, -0.05) is 0 Å². The fourth-order valence-corrected chi connectivity index (χ4v) is 0. The van der Waals surface area contributed by atoms with Crippen LogP contribution in [-0.2, 0) is 0 Å². The molecule has 2 heteroatoms. The molecule has 2 nitrogen and oxygen atoms in total. The van der Waals surface area contributed by atoms with Crippen molar-refractivity contribution in [3.05, 3.63) is 0 Å². The lowest BCUT2D eigenvalue weighted by atomic mass is 10.8. The lowest BCUT2D eigenvalue weighted by molar-refractivity contribution is 0.306. The molecule has 0 aliphatic rings. The quantitative estimate of drug-likeness (QED) is 0.428. The van der Waals surface area contributed by atoms with Gasteiger partial charge >= 0.3 is 0 Å². The van der Waals surface area contributed by atoms with E-state index in [1.165, 1.54) is 0 Å². The predicted octanol–water partition coefficient (Wildman–Crippen LogP) is -1.06. The molecule has 4 heavy (non-hydrogen) atoms. The van der Waals surface area contributed by atoms with Crippen LogP contribution in [0.1, 0.15) is 0 Å². The van der Waals surface area contributed by atoms with Crippen LogP contribution in [0.3, 0.4) is 0 Å². The molecule has 0 aliphatic heterocycles. The molecule has 0 heterocycles. The number of rotatable bonds is 2. The molecule has 0 saturated heterocycles. The molecule has 3 N–H and O–H groups in total. The van der Waals surface area contributed by atoms with Gasteiger partial charge in [0.1, 0.15) is 1.41 Å². The van der Waals surface area contributed by atoms with E-state index >= 15 is 0 Å². The van der Waals surface area contributed by atoms with E-state index in [1.54, 1.807) is 0 Å². The van der Waals surface area contributed by atoms with Crippen molar-refractivity contribution in [1.82, 2.24) is 0 Å². The highest BCUT2D eigenvalue weighted by molar-refractivity contribution is 4.17. The first-order chi connectivity index (χ1) is 2.41. The molecule has 0 bridgehead atoms. The van der Waals surface area contributed by atoms with Crippen LogP contribution in [0.15, 0.2) is 0 Å². The molecule has 0 saturated carbocycles. The Balaban J connectivity index is 2.19. The van der Waals surface area contributed by atoms with Crippen LogP contribution >= 0.6 is 0 Å². The highest BCUT2D eigenvalue weighted by Gasteiger charge is 1.56. The van der Waals surface area contributed by atoms with E-state index in [4.69, 9.17) is 6.52 Å². The standard InChI is InChI=1S/C2H7NO/c3-1-2-4/h4H,1-3H2/i/hD. The smallest absolute Gasteiger partial charge is 0.118 e. The van der Waals surface area contributed by atoms with Gasteiger partial charge in [0.15, 0.2) is 0 Å². The Kier molecular flexibility index (Phi) is 1.59. The van der Waals surface area contributed by atoms with Crippen molar-refractivity contribution in [3.8, 4) is 0 Å². The molecular weight excluding hydrogens is 54.0 g/mol. The zero-order chi connectivity index (χ0) is 4.12. The summed E-state index contributed by atoms with van der Waals surface area (Å²) in [4.78, 5) is 0. The van der Waals surface area contributed by atoms with Gasteiger partial charge in [0.25, 0.3) is 0 Å². The van der Waals surface area contributed by atoms with Gasteiger partial charge in [-0.3, -0.25) is 0 Å². The van der Waals surface area contributed by atoms with E-state index in [0.717, 1.165) is 0 Å². The maximum atomic E-state index is 7.88. The molecule has 0 atom stereocenters. The first-order valence-electron chi connectivity index (χ1n) is 1.67. The Hall–Kier alpha value is -0.0800. The molecular formula is C2H7NO. The van der Waals surface area contributed by atoms with Crippen molar-refractivity contribution >= 4 is 0 Å². The first-order valence-corrected chi connectivity index (χ1v) is 1.17. The van der Waals surface area contributed by atoms with E-state index < -0.39 is 0 Å². The van der Waals surface area contributed by atoms with Crippen LogP contribution in [0.25, 0.3) is 0 Å². The van der Waals surface area contributed by atoms with Gasteiger partial charge in [-0.15, -0.1) is 0 Å². The summed E-state index contributed by atoms with van der Waals surface area (Å²) in [5, 5.41) is 7.88. The Morgan fingerprint density at radius 1 is 2.25 bits per heavy atom. The SMILES string of the molecule is [2H]NCCO. The summed E-state index contributed by atoms with van der Waals surface area (Å²) in [6, 6.07) is 0. The lowest BCUT2D eigenvalue weighted by Gasteiger charge is -1.71. The molecule has 0 radical (unpaired) electrons. The molecule has 0 aliphatic carbocycles. The first kappa shape index (κ1) is 2.18. The zero-order valence-electron chi connectivity index (χ0n) is 3.36. The van der Waals surface area contributed by atoms with Crippen LogP contribution < -0.4 is 5.73 Å². The molecule has 26 valence electrons. The summed E-state index contributed by atoms with van der Waals surface area (Å²) < 4.78 is 6.19. The molecule has 0 aromatic rings. The second-order valence-corrected chi connectivity index (χ2v) is 0.474. The summed E-state index contributed by atoms with van der Waals surface area (Å²) in [6.45, 7) is 0.406. The van der Waals surface area contributed by atoms with Crippen LogP contribution in [0.5, 0.6) is 0 Å². The van der Waals surface area contributed by atoms with Gasteiger partial charge in [0.2, 0.25) is 0 Å². The predicted molar refractivity (Wildman–Crippen MR) is 16.1 cm³/mol.